The summed E-state index contributed by atoms with van der Waals surface area (Å²) >= 11 is 0. The Bertz CT molecular complexity index is 975. The molecule has 7 heteroatoms. The lowest BCUT2D eigenvalue weighted by Gasteiger charge is -2.18. The standard InChI is InChI=1S/C21H24N6O/c1-26(2)17-10-11-22-19(24-17)15-6-8-16(9-7-15)21(28)25-18(14-4-5-14)20-23-12-13-27(20)3/h6-14,18H,4-5H2,1-3H3,(H,25,28). The van der Waals surface area contributed by atoms with Gasteiger partial charge in [-0.15, -0.1) is 0 Å². The molecule has 1 atom stereocenters. The van der Waals surface area contributed by atoms with E-state index in [-0.39, 0.29) is 11.9 Å². The van der Waals surface area contributed by atoms with Gasteiger partial charge in [0.2, 0.25) is 0 Å². The molecule has 0 radical (unpaired) electrons. The van der Waals surface area contributed by atoms with E-state index in [0.717, 1.165) is 30.0 Å². The predicted octanol–water partition coefficient (Wildman–Crippen LogP) is 2.82. The van der Waals surface area contributed by atoms with Crippen LogP contribution in [0.15, 0.2) is 48.9 Å². The number of nitrogens with one attached hydrogen (secondary N) is 1. The minimum atomic E-state index is -0.0885. The fourth-order valence-corrected chi connectivity index (χ4v) is 3.23. The van der Waals surface area contributed by atoms with Gasteiger partial charge in [0, 0.05) is 50.9 Å². The van der Waals surface area contributed by atoms with Crippen molar-refractivity contribution >= 4 is 11.7 Å². The van der Waals surface area contributed by atoms with E-state index in [1.807, 2.05) is 67.1 Å². The number of nitrogens with zero attached hydrogens (tertiary/aromatic N) is 5. The summed E-state index contributed by atoms with van der Waals surface area (Å²) in [7, 11) is 5.84. The molecule has 2 aromatic heterocycles. The highest BCUT2D eigenvalue weighted by atomic mass is 16.1. The summed E-state index contributed by atoms with van der Waals surface area (Å²) in [4.78, 5) is 28.0. The lowest BCUT2D eigenvalue weighted by Crippen LogP contribution is -2.31. The molecule has 1 N–H and O–H groups in total. The Morgan fingerprint density at radius 2 is 1.89 bits per heavy atom. The largest absolute Gasteiger partial charge is 0.363 e. The van der Waals surface area contributed by atoms with Crippen LogP contribution >= 0.6 is 0 Å². The second-order valence-electron chi connectivity index (χ2n) is 7.40. The average Bonchev–Trinajstić information content (AvgIpc) is 3.47. The molecule has 7 nitrogen and oxygen atoms in total. The minimum Gasteiger partial charge on any atom is -0.363 e. The Labute approximate surface area is 164 Å². The van der Waals surface area contributed by atoms with Crippen molar-refractivity contribution in [1.82, 2.24) is 24.8 Å². The number of carbonyl (C=O) groups excluding carboxylic acids is 1. The van der Waals surface area contributed by atoms with Crippen molar-refractivity contribution in [3.8, 4) is 11.4 Å². The topological polar surface area (TPSA) is 75.9 Å². The second kappa shape index (κ2) is 7.42. The molecule has 144 valence electrons. The zero-order valence-corrected chi connectivity index (χ0v) is 16.3. The third-order valence-corrected chi connectivity index (χ3v) is 5.02. The highest BCUT2D eigenvalue weighted by molar-refractivity contribution is 5.94. The number of anilines is 1. The maximum atomic E-state index is 12.8. The fourth-order valence-electron chi connectivity index (χ4n) is 3.23. The Hall–Kier alpha value is -3.22. The van der Waals surface area contributed by atoms with Crippen molar-refractivity contribution in [2.45, 2.75) is 18.9 Å². The van der Waals surface area contributed by atoms with Gasteiger partial charge in [0.05, 0.1) is 6.04 Å². The maximum Gasteiger partial charge on any atom is 0.251 e. The zero-order chi connectivity index (χ0) is 19.7. The first-order chi connectivity index (χ1) is 13.5. The van der Waals surface area contributed by atoms with E-state index in [1.165, 1.54) is 0 Å². The number of rotatable bonds is 6. The van der Waals surface area contributed by atoms with Gasteiger partial charge >= 0.3 is 0 Å². The lowest BCUT2D eigenvalue weighted by molar-refractivity contribution is 0.0929. The first-order valence-corrected chi connectivity index (χ1v) is 9.42. The summed E-state index contributed by atoms with van der Waals surface area (Å²) in [6.07, 6.45) is 7.67. The van der Waals surface area contributed by atoms with E-state index in [0.29, 0.717) is 17.3 Å². The van der Waals surface area contributed by atoms with Crippen LogP contribution in [0.1, 0.15) is 35.1 Å². The van der Waals surface area contributed by atoms with Gasteiger partial charge in [-0.25, -0.2) is 15.0 Å². The van der Waals surface area contributed by atoms with Crippen molar-refractivity contribution < 1.29 is 4.79 Å². The Balaban J connectivity index is 1.51. The molecule has 0 aliphatic heterocycles. The SMILES string of the molecule is CN(C)c1ccnc(-c2ccc(C(=O)NC(c3nccn3C)C3CC3)cc2)n1. The van der Waals surface area contributed by atoms with Gasteiger partial charge < -0.3 is 14.8 Å². The van der Waals surface area contributed by atoms with Gasteiger partial charge in [0.25, 0.3) is 5.91 Å². The lowest BCUT2D eigenvalue weighted by atomic mass is 10.1. The third-order valence-electron chi connectivity index (χ3n) is 5.02. The number of carbonyl (C=O) groups is 1. The molecule has 1 aliphatic carbocycles. The molecular weight excluding hydrogens is 352 g/mol. The number of hydrogen-bond acceptors (Lipinski definition) is 5. The molecule has 1 fully saturated rings. The molecule has 3 aromatic rings. The molecule has 0 bridgehead atoms. The number of hydrogen-bond donors (Lipinski definition) is 1. The predicted molar refractivity (Wildman–Crippen MR) is 108 cm³/mol. The molecule has 1 unspecified atom stereocenters. The number of benzene rings is 1. The Morgan fingerprint density at radius 1 is 1.14 bits per heavy atom. The molecule has 0 saturated heterocycles. The van der Waals surface area contributed by atoms with Crippen LogP contribution in [0.25, 0.3) is 11.4 Å². The smallest absolute Gasteiger partial charge is 0.251 e. The number of amides is 1. The van der Waals surface area contributed by atoms with Gasteiger partial charge in [-0.3, -0.25) is 4.79 Å². The molecule has 28 heavy (non-hydrogen) atoms. The van der Waals surface area contributed by atoms with E-state index in [2.05, 4.69) is 20.3 Å². The van der Waals surface area contributed by atoms with E-state index in [9.17, 15) is 4.79 Å². The van der Waals surface area contributed by atoms with Crippen LogP contribution < -0.4 is 10.2 Å². The van der Waals surface area contributed by atoms with Crippen LogP contribution in [0, 0.1) is 5.92 Å². The van der Waals surface area contributed by atoms with Crippen LogP contribution in [0.2, 0.25) is 0 Å². The van der Waals surface area contributed by atoms with Crippen LogP contribution in [0.5, 0.6) is 0 Å². The van der Waals surface area contributed by atoms with Crippen molar-refractivity contribution in [3.05, 3.63) is 60.3 Å². The van der Waals surface area contributed by atoms with Gasteiger partial charge in [-0.05, 0) is 37.0 Å². The van der Waals surface area contributed by atoms with E-state index in [1.54, 1.807) is 12.4 Å². The van der Waals surface area contributed by atoms with Crippen LogP contribution in [-0.4, -0.2) is 39.5 Å². The van der Waals surface area contributed by atoms with Gasteiger partial charge in [0.15, 0.2) is 5.82 Å². The molecule has 1 aliphatic rings. The van der Waals surface area contributed by atoms with Crippen LogP contribution in [0.3, 0.4) is 0 Å². The van der Waals surface area contributed by atoms with Crippen LogP contribution in [0.4, 0.5) is 5.82 Å². The molecular formula is C21H24N6O. The summed E-state index contributed by atoms with van der Waals surface area (Å²) in [6.45, 7) is 0. The van der Waals surface area contributed by atoms with Crippen molar-refractivity contribution in [3.63, 3.8) is 0 Å². The van der Waals surface area contributed by atoms with Crippen molar-refractivity contribution in [2.75, 3.05) is 19.0 Å². The zero-order valence-electron chi connectivity index (χ0n) is 16.3. The van der Waals surface area contributed by atoms with E-state index in [4.69, 9.17) is 0 Å². The molecule has 1 amide bonds. The quantitative estimate of drug-likeness (QED) is 0.716. The number of imidazole rings is 1. The van der Waals surface area contributed by atoms with E-state index >= 15 is 0 Å². The Morgan fingerprint density at radius 3 is 2.50 bits per heavy atom. The molecule has 4 rings (SSSR count). The molecule has 0 spiro atoms. The Kier molecular flexibility index (Phi) is 4.81. The maximum absolute atomic E-state index is 12.8. The van der Waals surface area contributed by atoms with E-state index < -0.39 is 0 Å². The summed E-state index contributed by atoms with van der Waals surface area (Å²) in [5.41, 5.74) is 1.50. The molecule has 1 saturated carbocycles. The molecule has 2 heterocycles. The van der Waals surface area contributed by atoms with Gasteiger partial charge in [-0.2, -0.15) is 0 Å². The summed E-state index contributed by atoms with van der Waals surface area (Å²) < 4.78 is 1.97. The van der Waals surface area contributed by atoms with Gasteiger partial charge in [0.1, 0.15) is 11.6 Å². The van der Waals surface area contributed by atoms with Crippen molar-refractivity contribution in [2.24, 2.45) is 13.0 Å². The fraction of sp³-hybridized carbons (Fsp3) is 0.333. The molecule has 1 aromatic carbocycles. The normalized spacial score (nSPS) is 14.5. The first kappa shape index (κ1) is 18.2. The van der Waals surface area contributed by atoms with Gasteiger partial charge in [-0.1, -0.05) is 12.1 Å². The number of aryl methyl sites for hydroxylation is 1. The average molecular weight is 376 g/mol. The summed E-state index contributed by atoms with van der Waals surface area (Å²) in [5.74, 6) is 2.76. The summed E-state index contributed by atoms with van der Waals surface area (Å²) in [6, 6.07) is 9.22. The van der Waals surface area contributed by atoms with Crippen LogP contribution in [-0.2, 0) is 7.05 Å². The summed E-state index contributed by atoms with van der Waals surface area (Å²) in [5, 5.41) is 3.16. The number of aromatic nitrogens is 4. The second-order valence-corrected chi connectivity index (χ2v) is 7.40. The highest BCUT2D eigenvalue weighted by Crippen LogP contribution is 2.40. The highest BCUT2D eigenvalue weighted by Gasteiger charge is 2.35. The monoisotopic (exact) mass is 376 g/mol. The van der Waals surface area contributed by atoms with Crippen molar-refractivity contribution in [1.29, 1.82) is 0 Å². The first-order valence-electron chi connectivity index (χ1n) is 9.42. The minimum absolute atomic E-state index is 0.0488. The third kappa shape index (κ3) is 3.74.